The van der Waals surface area contributed by atoms with E-state index in [1.165, 1.54) is 0 Å². The van der Waals surface area contributed by atoms with Gasteiger partial charge in [-0.25, -0.2) is 0 Å². The monoisotopic (exact) mass is 208 g/mol. The average molecular weight is 208 g/mol. The predicted molar refractivity (Wildman–Crippen MR) is 55.4 cm³/mol. The van der Waals surface area contributed by atoms with Crippen molar-refractivity contribution in [1.82, 2.24) is 0 Å². The van der Waals surface area contributed by atoms with Crippen molar-refractivity contribution in [2.45, 2.75) is 32.8 Å². The van der Waals surface area contributed by atoms with Crippen LogP contribution in [0.15, 0.2) is 11.6 Å². The fourth-order valence-corrected chi connectivity index (χ4v) is 2.41. The molecule has 0 radical (unpaired) electrons. The lowest BCUT2D eigenvalue weighted by Crippen LogP contribution is -2.48. The Labute approximate surface area is 89.5 Å². The molecule has 0 unspecified atom stereocenters. The quantitative estimate of drug-likeness (QED) is 0.521. The molecule has 3 heteroatoms. The lowest BCUT2D eigenvalue weighted by Gasteiger charge is -2.38. The van der Waals surface area contributed by atoms with E-state index in [1.54, 1.807) is 0 Å². The van der Waals surface area contributed by atoms with E-state index in [0.29, 0.717) is 13.0 Å². The topological polar surface area (TPSA) is 43.4 Å². The molecule has 0 amide bonds. The molecule has 0 aromatic heterocycles. The summed E-state index contributed by atoms with van der Waals surface area (Å²) in [6.45, 7) is 4.63. The summed E-state index contributed by atoms with van der Waals surface area (Å²) in [5.41, 5.74) is 1.04. The summed E-state index contributed by atoms with van der Waals surface area (Å²) in [5, 5.41) is 0. The molecule has 0 N–H and O–H groups in total. The SMILES string of the molecule is CCCO[C@@H]1C[C@H]2C(=O)C(=O)[C@@H]1C=C2C. The second kappa shape index (κ2) is 3.89. The average Bonchev–Trinajstić information content (AvgIpc) is 2.23. The summed E-state index contributed by atoms with van der Waals surface area (Å²) in [6, 6.07) is 0. The van der Waals surface area contributed by atoms with Gasteiger partial charge < -0.3 is 4.74 Å². The molecular weight excluding hydrogens is 192 g/mol. The van der Waals surface area contributed by atoms with Gasteiger partial charge in [-0.1, -0.05) is 18.6 Å². The first-order valence-corrected chi connectivity index (χ1v) is 5.53. The van der Waals surface area contributed by atoms with Crippen molar-refractivity contribution >= 4 is 11.6 Å². The lowest BCUT2D eigenvalue weighted by atomic mass is 9.68. The van der Waals surface area contributed by atoms with E-state index >= 15 is 0 Å². The molecule has 0 spiro atoms. The second-order valence-corrected chi connectivity index (χ2v) is 4.36. The van der Waals surface area contributed by atoms with Crippen molar-refractivity contribution in [3.05, 3.63) is 11.6 Å². The van der Waals surface area contributed by atoms with E-state index in [-0.39, 0.29) is 29.5 Å². The number of carbonyl (C=O) groups excluding carboxylic acids is 2. The van der Waals surface area contributed by atoms with Crippen LogP contribution < -0.4 is 0 Å². The minimum atomic E-state index is -0.311. The summed E-state index contributed by atoms with van der Waals surface area (Å²) >= 11 is 0. The molecule has 0 aromatic rings. The molecule has 3 nitrogen and oxygen atoms in total. The molecule has 2 bridgehead atoms. The molecule has 0 saturated heterocycles. The van der Waals surface area contributed by atoms with Gasteiger partial charge in [-0.3, -0.25) is 9.59 Å². The van der Waals surface area contributed by atoms with Crippen LogP contribution in [0.1, 0.15) is 26.7 Å². The van der Waals surface area contributed by atoms with Gasteiger partial charge in [-0.05, 0) is 19.8 Å². The maximum Gasteiger partial charge on any atom is 0.208 e. The Morgan fingerprint density at radius 1 is 1.40 bits per heavy atom. The van der Waals surface area contributed by atoms with Gasteiger partial charge in [-0.15, -0.1) is 0 Å². The van der Waals surface area contributed by atoms with Crippen LogP contribution in [0, 0.1) is 11.8 Å². The van der Waals surface area contributed by atoms with Gasteiger partial charge in [0.05, 0.1) is 12.0 Å². The Morgan fingerprint density at radius 2 is 2.13 bits per heavy atom. The van der Waals surface area contributed by atoms with Crippen molar-refractivity contribution in [3.63, 3.8) is 0 Å². The molecule has 0 aliphatic heterocycles. The molecule has 3 aliphatic carbocycles. The zero-order chi connectivity index (χ0) is 11.0. The highest BCUT2D eigenvalue weighted by molar-refractivity contribution is 6.41. The van der Waals surface area contributed by atoms with Crippen LogP contribution in [0.5, 0.6) is 0 Å². The van der Waals surface area contributed by atoms with Gasteiger partial charge in [0.15, 0.2) is 0 Å². The number of ether oxygens (including phenoxy) is 1. The molecule has 0 heterocycles. The van der Waals surface area contributed by atoms with Gasteiger partial charge in [0, 0.05) is 12.5 Å². The molecule has 3 aliphatic rings. The molecule has 3 rings (SSSR count). The van der Waals surface area contributed by atoms with Crippen LogP contribution in [0.3, 0.4) is 0 Å². The smallest absolute Gasteiger partial charge is 0.208 e. The highest BCUT2D eigenvalue weighted by Crippen LogP contribution is 2.37. The third-order valence-electron chi connectivity index (χ3n) is 3.26. The minimum absolute atomic E-state index is 0.0659. The molecule has 3 atom stereocenters. The van der Waals surface area contributed by atoms with Crippen molar-refractivity contribution in [2.24, 2.45) is 11.8 Å². The first-order valence-electron chi connectivity index (χ1n) is 5.53. The number of ketones is 2. The van der Waals surface area contributed by atoms with Crippen molar-refractivity contribution < 1.29 is 14.3 Å². The predicted octanol–water partition coefficient (Wildman–Crippen LogP) is 1.52. The summed E-state index contributed by atoms with van der Waals surface area (Å²) in [5.74, 6) is -0.979. The normalized spacial score (nSPS) is 34.5. The number of rotatable bonds is 3. The molecule has 82 valence electrons. The van der Waals surface area contributed by atoms with E-state index in [2.05, 4.69) is 0 Å². The Kier molecular flexibility index (Phi) is 2.74. The fraction of sp³-hybridized carbons (Fsp3) is 0.667. The molecule has 1 saturated carbocycles. The van der Waals surface area contributed by atoms with Crippen LogP contribution in [0.4, 0.5) is 0 Å². The first kappa shape index (κ1) is 10.6. The summed E-state index contributed by atoms with van der Waals surface area (Å²) in [7, 11) is 0. The van der Waals surface area contributed by atoms with Crippen LogP contribution in [0.25, 0.3) is 0 Å². The van der Waals surface area contributed by atoms with Crippen LogP contribution in [-0.4, -0.2) is 24.3 Å². The van der Waals surface area contributed by atoms with Gasteiger partial charge in [0.25, 0.3) is 0 Å². The highest BCUT2D eigenvalue weighted by Gasteiger charge is 2.47. The third kappa shape index (κ3) is 1.65. The number of fused-ring (bicyclic) bond motifs is 2. The van der Waals surface area contributed by atoms with Crippen molar-refractivity contribution in [2.75, 3.05) is 6.61 Å². The molecule has 0 aromatic carbocycles. The van der Waals surface area contributed by atoms with E-state index in [0.717, 1.165) is 12.0 Å². The zero-order valence-electron chi connectivity index (χ0n) is 9.16. The Hall–Kier alpha value is -0.960. The Bertz CT molecular complexity index is 330. The second-order valence-electron chi connectivity index (χ2n) is 4.36. The number of carbonyl (C=O) groups is 2. The first-order chi connectivity index (χ1) is 7.15. The maximum absolute atomic E-state index is 11.6. The van der Waals surface area contributed by atoms with Gasteiger partial charge in [0.2, 0.25) is 11.6 Å². The van der Waals surface area contributed by atoms with Gasteiger partial charge in [-0.2, -0.15) is 0 Å². The van der Waals surface area contributed by atoms with Gasteiger partial charge >= 0.3 is 0 Å². The Balaban J connectivity index is 2.17. The maximum atomic E-state index is 11.6. The standard InChI is InChI=1S/C12H16O3/c1-3-4-15-10-6-8-7(2)5-9(10)12(14)11(8)13/h5,8-10H,3-4,6H2,1-2H3/t8-,9-,10-/m1/s1. The molecule has 15 heavy (non-hydrogen) atoms. The number of allylic oxidation sites excluding steroid dienone is 1. The van der Waals surface area contributed by atoms with Crippen molar-refractivity contribution in [1.29, 1.82) is 0 Å². The summed E-state index contributed by atoms with van der Waals surface area (Å²) in [4.78, 5) is 23.2. The highest BCUT2D eigenvalue weighted by atomic mass is 16.5. The molecular formula is C12H16O3. The van der Waals surface area contributed by atoms with E-state index < -0.39 is 0 Å². The lowest BCUT2D eigenvalue weighted by molar-refractivity contribution is -0.148. The van der Waals surface area contributed by atoms with Crippen LogP contribution in [0.2, 0.25) is 0 Å². The minimum Gasteiger partial charge on any atom is -0.377 e. The largest absolute Gasteiger partial charge is 0.377 e. The van der Waals surface area contributed by atoms with Crippen molar-refractivity contribution in [3.8, 4) is 0 Å². The van der Waals surface area contributed by atoms with E-state index in [4.69, 9.17) is 4.74 Å². The van der Waals surface area contributed by atoms with Crippen LogP contribution in [-0.2, 0) is 14.3 Å². The van der Waals surface area contributed by atoms with E-state index in [9.17, 15) is 9.59 Å². The fourth-order valence-electron chi connectivity index (χ4n) is 2.41. The zero-order valence-corrected chi connectivity index (χ0v) is 9.16. The van der Waals surface area contributed by atoms with E-state index in [1.807, 2.05) is 19.9 Å². The number of Topliss-reactive ketones (excluding diaryl/α,β-unsaturated/α-hetero) is 2. The Morgan fingerprint density at radius 3 is 2.80 bits per heavy atom. The number of hydrogen-bond donors (Lipinski definition) is 0. The molecule has 1 fully saturated rings. The van der Waals surface area contributed by atoms with Crippen LogP contribution >= 0.6 is 0 Å². The third-order valence-corrected chi connectivity index (χ3v) is 3.26. The number of hydrogen-bond acceptors (Lipinski definition) is 3. The van der Waals surface area contributed by atoms with Gasteiger partial charge in [0.1, 0.15) is 0 Å². The summed E-state index contributed by atoms with van der Waals surface area (Å²) in [6.07, 6.45) is 3.48. The summed E-state index contributed by atoms with van der Waals surface area (Å²) < 4.78 is 5.62.